The quantitative estimate of drug-likeness (QED) is 0.556. The van der Waals surface area contributed by atoms with Gasteiger partial charge in [-0.3, -0.25) is 0 Å². The Hall–Kier alpha value is -0.520. The fraction of sp³-hybridized carbons (Fsp3) is 0.692. The standard InChI is InChI=1S/C13H20/c1-3-13(4-2)9-8-11-6-5-7-12(11)10-13/h8-11H,3-7H2,1-2H3. The molecule has 0 heteroatoms. The van der Waals surface area contributed by atoms with Crippen LogP contribution in [0, 0.1) is 11.3 Å². The van der Waals surface area contributed by atoms with Crippen LogP contribution in [-0.4, -0.2) is 0 Å². The maximum absolute atomic E-state index is 2.57. The normalized spacial score (nSPS) is 30.0. The Morgan fingerprint density at radius 2 is 2.15 bits per heavy atom. The highest BCUT2D eigenvalue weighted by molar-refractivity contribution is 5.29. The fourth-order valence-corrected chi connectivity index (χ4v) is 2.71. The second-order valence-corrected chi connectivity index (χ2v) is 4.52. The Morgan fingerprint density at radius 1 is 1.38 bits per heavy atom. The van der Waals surface area contributed by atoms with Crippen LogP contribution in [0.5, 0.6) is 0 Å². The molecule has 0 heterocycles. The summed E-state index contributed by atoms with van der Waals surface area (Å²) in [6.45, 7) is 4.61. The molecule has 0 amide bonds. The van der Waals surface area contributed by atoms with Gasteiger partial charge in [-0.25, -0.2) is 0 Å². The lowest BCUT2D eigenvalue weighted by Gasteiger charge is -2.30. The van der Waals surface area contributed by atoms with E-state index >= 15 is 0 Å². The van der Waals surface area contributed by atoms with E-state index in [-0.39, 0.29) is 0 Å². The van der Waals surface area contributed by atoms with Gasteiger partial charge in [0.1, 0.15) is 0 Å². The van der Waals surface area contributed by atoms with Crippen molar-refractivity contribution in [3.8, 4) is 0 Å². The van der Waals surface area contributed by atoms with Crippen LogP contribution in [0.15, 0.2) is 23.8 Å². The first-order valence-corrected chi connectivity index (χ1v) is 5.70. The first-order valence-electron chi connectivity index (χ1n) is 5.70. The van der Waals surface area contributed by atoms with Crippen molar-refractivity contribution in [3.05, 3.63) is 23.8 Å². The number of rotatable bonds is 2. The first-order chi connectivity index (χ1) is 6.29. The van der Waals surface area contributed by atoms with E-state index in [0.717, 1.165) is 5.92 Å². The molecule has 1 fully saturated rings. The maximum Gasteiger partial charge on any atom is 0.00588 e. The largest absolute Gasteiger partial charge is 0.0805 e. The summed E-state index contributed by atoms with van der Waals surface area (Å²) in [5, 5.41) is 0. The van der Waals surface area contributed by atoms with Crippen LogP contribution >= 0.6 is 0 Å². The molecule has 13 heavy (non-hydrogen) atoms. The molecule has 0 aromatic heterocycles. The van der Waals surface area contributed by atoms with Gasteiger partial charge in [-0.1, -0.05) is 37.6 Å². The van der Waals surface area contributed by atoms with Crippen molar-refractivity contribution < 1.29 is 0 Å². The number of fused-ring (bicyclic) bond motifs is 1. The average molecular weight is 176 g/mol. The number of hydrogen-bond acceptors (Lipinski definition) is 0. The highest BCUT2D eigenvalue weighted by Crippen LogP contribution is 2.43. The molecule has 0 nitrogen and oxygen atoms in total. The number of allylic oxidation sites excluding steroid dienone is 4. The lowest BCUT2D eigenvalue weighted by molar-refractivity contribution is 0.439. The molecule has 72 valence electrons. The molecule has 0 aliphatic heterocycles. The van der Waals surface area contributed by atoms with Gasteiger partial charge >= 0.3 is 0 Å². The van der Waals surface area contributed by atoms with Gasteiger partial charge in [0.15, 0.2) is 0 Å². The van der Waals surface area contributed by atoms with Crippen LogP contribution in [0.25, 0.3) is 0 Å². The van der Waals surface area contributed by atoms with E-state index in [1.54, 1.807) is 5.57 Å². The van der Waals surface area contributed by atoms with Crippen LogP contribution in [-0.2, 0) is 0 Å². The summed E-state index contributed by atoms with van der Waals surface area (Å²) in [7, 11) is 0. The third-order valence-corrected chi connectivity index (χ3v) is 3.91. The molecule has 1 saturated carbocycles. The maximum atomic E-state index is 2.57. The van der Waals surface area contributed by atoms with Gasteiger partial charge in [0, 0.05) is 5.41 Å². The van der Waals surface area contributed by atoms with Gasteiger partial charge in [0.05, 0.1) is 0 Å². The monoisotopic (exact) mass is 176 g/mol. The molecule has 0 bridgehead atoms. The molecular weight excluding hydrogens is 156 g/mol. The molecule has 2 rings (SSSR count). The van der Waals surface area contributed by atoms with Crippen molar-refractivity contribution in [3.63, 3.8) is 0 Å². The van der Waals surface area contributed by atoms with Crippen LogP contribution in [0.2, 0.25) is 0 Å². The molecule has 2 aliphatic carbocycles. The molecule has 0 radical (unpaired) electrons. The minimum atomic E-state index is 0.413. The minimum Gasteiger partial charge on any atom is -0.0805 e. The zero-order valence-electron chi connectivity index (χ0n) is 8.84. The lowest BCUT2D eigenvalue weighted by atomic mass is 9.75. The third-order valence-electron chi connectivity index (χ3n) is 3.91. The van der Waals surface area contributed by atoms with E-state index < -0.39 is 0 Å². The highest BCUT2D eigenvalue weighted by atomic mass is 14.3. The van der Waals surface area contributed by atoms with Gasteiger partial charge in [-0.2, -0.15) is 0 Å². The van der Waals surface area contributed by atoms with Crippen molar-refractivity contribution in [2.45, 2.75) is 46.0 Å². The van der Waals surface area contributed by atoms with Crippen molar-refractivity contribution in [1.82, 2.24) is 0 Å². The Bertz CT molecular complexity index is 241. The first kappa shape index (κ1) is 9.05. The molecular formula is C13H20. The summed E-state index contributed by atoms with van der Waals surface area (Å²) in [6.07, 6.45) is 14.2. The Morgan fingerprint density at radius 3 is 2.85 bits per heavy atom. The van der Waals surface area contributed by atoms with Crippen LogP contribution < -0.4 is 0 Å². The minimum absolute atomic E-state index is 0.413. The van der Waals surface area contributed by atoms with Crippen LogP contribution in [0.3, 0.4) is 0 Å². The molecule has 1 atom stereocenters. The van der Waals surface area contributed by atoms with Crippen molar-refractivity contribution in [1.29, 1.82) is 0 Å². The van der Waals surface area contributed by atoms with Crippen molar-refractivity contribution in [2.75, 3.05) is 0 Å². The number of hydrogen-bond donors (Lipinski definition) is 0. The van der Waals surface area contributed by atoms with Gasteiger partial charge in [0.2, 0.25) is 0 Å². The van der Waals surface area contributed by atoms with E-state index in [9.17, 15) is 0 Å². The van der Waals surface area contributed by atoms with E-state index in [1.807, 2.05) is 0 Å². The second-order valence-electron chi connectivity index (χ2n) is 4.52. The summed E-state index contributed by atoms with van der Waals surface area (Å²) in [4.78, 5) is 0. The molecule has 0 spiro atoms. The van der Waals surface area contributed by atoms with Crippen LogP contribution in [0.4, 0.5) is 0 Å². The highest BCUT2D eigenvalue weighted by Gasteiger charge is 2.29. The SMILES string of the molecule is CCC1(CC)C=CC2CCCC2=C1. The van der Waals surface area contributed by atoms with E-state index in [1.165, 1.54) is 32.1 Å². The molecule has 1 unspecified atom stereocenters. The Balaban J connectivity index is 2.26. The second kappa shape index (κ2) is 3.32. The summed E-state index contributed by atoms with van der Waals surface area (Å²) in [6, 6.07) is 0. The zero-order chi connectivity index (χ0) is 9.31. The van der Waals surface area contributed by atoms with Gasteiger partial charge in [-0.05, 0) is 38.0 Å². The van der Waals surface area contributed by atoms with E-state index in [0.29, 0.717) is 5.41 Å². The van der Waals surface area contributed by atoms with E-state index in [4.69, 9.17) is 0 Å². The van der Waals surface area contributed by atoms with Crippen molar-refractivity contribution in [2.24, 2.45) is 11.3 Å². The Labute approximate surface area is 81.7 Å². The molecule has 0 saturated heterocycles. The predicted molar refractivity (Wildman–Crippen MR) is 57.6 cm³/mol. The Kier molecular flexibility index (Phi) is 2.31. The smallest absolute Gasteiger partial charge is 0.00588 e. The van der Waals surface area contributed by atoms with E-state index in [2.05, 4.69) is 32.1 Å². The average Bonchev–Trinajstić information content (AvgIpc) is 2.64. The lowest BCUT2D eigenvalue weighted by Crippen LogP contribution is -2.17. The van der Waals surface area contributed by atoms with Gasteiger partial charge < -0.3 is 0 Å². The summed E-state index contributed by atoms with van der Waals surface area (Å²) >= 11 is 0. The summed E-state index contributed by atoms with van der Waals surface area (Å²) < 4.78 is 0. The molecule has 2 aliphatic rings. The summed E-state index contributed by atoms with van der Waals surface area (Å²) in [5.74, 6) is 0.811. The zero-order valence-corrected chi connectivity index (χ0v) is 8.84. The summed E-state index contributed by atoms with van der Waals surface area (Å²) in [5.41, 5.74) is 2.14. The molecule has 0 aromatic rings. The molecule has 0 N–H and O–H groups in total. The van der Waals surface area contributed by atoms with Crippen LogP contribution in [0.1, 0.15) is 46.0 Å². The topological polar surface area (TPSA) is 0 Å². The van der Waals surface area contributed by atoms with Gasteiger partial charge in [-0.15, -0.1) is 0 Å². The van der Waals surface area contributed by atoms with Gasteiger partial charge in [0.25, 0.3) is 0 Å². The predicted octanol–water partition coefficient (Wildman–Crippen LogP) is 4.09. The van der Waals surface area contributed by atoms with Crippen molar-refractivity contribution >= 4 is 0 Å². The molecule has 0 aromatic carbocycles. The fourth-order valence-electron chi connectivity index (χ4n) is 2.71. The third kappa shape index (κ3) is 1.47.